The van der Waals surface area contributed by atoms with Gasteiger partial charge in [-0.25, -0.2) is 9.97 Å². The van der Waals surface area contributed by atoms with Crippen molar-refractivity contribution in [1.82, 2.24) is 15.3 Å². The van der Waals surface area contributed by atoms with Crippen LogP contribution in [0, 0.1) is 0 Å². The summed E-state index contributed by atoms with van der Waals surface area (Å²) in [5, 5.41) is 4.52. The van der Waals surface area contributed by atoms with Gasteiger partial charge < -0.3 is 15.1 Å². The fourth-order valence-corrected chi connectivity index (χ4v) is 4.55. The van der Waals surface area contributed by atoms with Crippen LogP contribution < -0.4 is 15.1 Å². The minimum atomic E-state index is -0.0703. The second-order valence-electron chi connectivity index (χ2n) is 7.34. The van der Waals surface area contributed by atoms with Gasteiger partial charge in [-0.15, -0.1) is 0 Å². The number of nitrogens with zero attached hydrogens (tertiary/aromatic N) is 4. The molecule has 1 saturated heterocycles. The van der Waals surface area contributed by atoms with E-state index in [0.717, 1.165) is 48.3 Å². The molecule has 0 atom stereocenters. The first-order chi connectivity index (χ1) is 15.6. The van der Waals surface area contributed by atoms with E-state index >= 15 is 0 Å². The Hall–Kier alpha value is -2.48. The molecule has 1 aliphatic heterocycles. The van der Waals surface area contributed by atoms with E-state index in [2.05, 4.69) is 31.2 Å². The molecule has 9 heteroatoms. The topological polar surface area (TPSA) is 61.4 Å². The fraction of sp³-hybridized carbons (Fsp3) is 0.261. The van der Waals surface area contributed by atoms with Crippen LogP contribution in [0.3, 0.4) is 0 Å². The van der Waals surface area contributed by atoms with E-state index < -0.39 is 0 Å². The molecule has 2 heterocycles. The zero-order chi connectivity index (χ0) is 22.3. The molecular weight excluding hydrogens is 465 g/mol. The summed E-state index contributed by atoms with van der Waals surface area (Å²) >= 11 is 13.7. The van der Waals surface area contributed by atoms with Gasteiger partial charge in [-0.3, -0.25) is 4.79 Å². The number of nitrogens with one attached hydrogen (secondary N) is 1. The molecule has 166 valence electrons. The summed E-state index contributed by atoms with van der Waals surface area (Å²) in [7, 11) is 0. The molecule has 32 heavy (non-hydrogen) atoms. The van der Waals surface area contributed by atoms with Crippen molar-refractivity contribution in [3.8, 4) is 0 Å². The highest BCUT2D eigenvalue weighted by Gasteiger charge is 2.20. The molecule has 1 amide bonds. The highest BCUT2D eigenvalue weighted by Crippen LogP contribution is 2.25. The first kappa shape index (κ1) is 22.7. The van der Waals surface area contributed by atoms with Gasteiger partial charge in [-0.2, -0.15) is 0 Å². The normalized spacial score (nSPS) is 13.8. The van der Waals surface area contributed by atoms with Gasteiger partial charge >= 0.3 is 0 Å². The number of piperazine rings is 1. The minimum absolute atomic E-state index is 0.0703. The lowest BCUT2D eigenvalue weighted by molar-refractivity contribution is -0.118. The number of amides is 1. The molecule has 3 aromatic rings. The van der Waals surface area contributed by atoms with Crippen molar-refractivity contribution >= 4 is 52.4 Å². The van der Waals surface area contributed by atoms with E-state index in [0.29, 0.717) is 16.9 Å². The van der Waals surface area contributed by atoms with Gasteiger partial charge in [-0.1, -0.05) is 71.4 Å². The third-order valence-corrected chi connectivity index (χ3v) is 6.38. The Kier molecular flexibility index (Phi) is 7.73. The summed E-state index contributed by atoms with van der Waals surface area (Å²) in [5.41, 5.74) is 2.18. The van der Waals surface area contributed by atoms with E-state index in [9.17, 15) is 4.79 Å². The molecule has 1 aliphatic rings. The first-order valence-electron chi connectivity index (χ1n) is 10.3. The van der Waals surface area contributed by atoms with Gasteiger partial charge in [0.15, 0.2) is 5.16 Å². The maximum absolute atomic E-state index is 12.2. The molecule has 4 rings (SSSR count). The van der Waals surface area contributed by atoms with Gasteiger partial charge in [0.25, 0.3) is 0 Å². The lowest BCUT2D eigenvalue weighted by Gasteiger charge is -2.36. The number of carbonyl (C=O) groups excluding carboxylic acids is 1. The van der Waals surface area contributed by atoms with Crippen LogP contribution in [0.4, 0.5) is 11.5 Å². The molecule has 0 radical (unpaired) electrons. The highest BCUT2D eigenvalue weighted by molar-refractivity contribution is 7.99. The number of hydrogen-bond donors (Lipinski definition) is 1. The molecule has 2 aromatic carbocycles. The number of rotatable bonds is 7. The number of halogens is 2. The average Bonchev–Trinajstić information content (AvgIpc) is 2.82. The maximum atomic E-state index is 12.2. The smallest absolute Gasteiger partial charge is 0.230 e. The zero-order valence-electron chi connectivity index (χ0n) is 17.4. The number of thioether (sulfide) groups is 1. The van der Waals surface area contributed by atoms with Crippen molar-refractivity contribution in [2.24, 2.45) is 0 Å². The van der Waals surface area contributed by atoms with Crippen LogP contribution in [-0.2, 0) is 11.3 Å². The molecule has 0 spiro atoms. The minimum Gasteiger partial charge on any atom is -0.368 e. The Morgan fingerprint density at radius 1 is 0.938 bits per heavy atom. The van der Waals surface area contributed by atoms with Crippen LogP contribution in [-0.4, -0.2) is 47.8 Å². The third kappa shape index (κ3) is 6.28. The Bertz CT molecular complexity index is 1060. The van der Waals surface area contributed by atoms with Crippen LogP contribution in [0.1, 0.15) is 5.56 Å². The van der Waals surface area contributed by atoms with E-state index in [4.69, 9.17) is 23.2 Å². The molecule has 1 aromatic heterocycles. The first-order valence-corrected chi connectivity index (χ1v) is 12.0. The number of benzene rings is 2. The van der Waals surface area contributed by atoms with E-state index in [1.54, 1.807) is 6.07 Å². The fourth-order valence-electron chi connectivity index (χ4n) is 3.46. The average molecular weight is 488 g/mol. The van der Waals surface area contributed by atoms with Gasteiger partial charge in [0.2, 0.25) is 5.91 Å². The molecule has 0 unspecified atom stereocenters. The Morgan fingerprint density at radius 3 is 2.44 bits per heavy atom. The van der Waals surface area contributed by atoms with Crippen molar-refractivity contribution in [3.63, 3.8) is 0 Å². The van der Waals surface area contributed by atoms with Gasteiger partial charge in [0, 0.05) is 49.5 Å². The quantitative estimate of drug-likeness (QED) is 0.300. The number of hydrogen-bond acceptors (Lipinski definition) is 6. The molecule has 6 nitrogen and oxygen atoms in total. The van der Waals surface area contributed by atoms with Gasteiger partial charge in [0.1, 0.15) is 11.0 Å². The standard InChI is InChI=1S/C23H23Cl2N5OS/c24-18-7-4-8-19(13-18)29-9-11-30(12-10-29)21-14-20(25)27-23(28-21)32-16-22(31)26-15-17-5-2-1-3-6-17/h1-8,13-14H,9-12,15-16H2,(H,26,31). The van der Waals surface area contributed by atoms with Crippen molar-refractivity contribution < 1.29 is 4.79 Å². The summed E-state index contributed by atoms with van der Waals surface area (Å²) in [4.78, 5) is 25.6. The Morgan fingerprint density at radius 2 is 1.69 bits per heavy atom. The van der Waals surface area contributed by atoms with Crippen LogP contribution in [0.5, 0.6) is 0 Å². The molecule has 1 N–H and O–H groups in total. The summed E-state index contributed by atoms with van der Waals surface area (Å²) in [6.45, 7) is 3.82. The van der Waals surface area contributed by atoms with Crippen molar-refractivity contribution in [2.75, 3.05) is 41.7 Å². The lowest BCUT2D eigenvalue weighted by atomic mass is 10.2. The van der Waals surface area contributed by atoms with Crippen LogP contribution >= 0.6 is 35.0 Å². The molecular formula is C23H23Cl2N5OS. The molecule has 1 fully saturated rings. The molecule has 0 bridgehead atoms. The summed E-state index contributed by atoms with van der Waals surface area (Å²) in [5.74, 6) is 0.942. The van der Waals surface area contributed by atoms with E-state index in [1.807, 2.05) is 48.5 Å². The van der Waals surface area contributed by atoms with Crippen molar-refractivity contribution in [3.05, 3.63) is 76.4 Å². The van der Waals surface area contributed by atoms with Crippen molar-refractivity contribution in [1.29, 1.82) is 0 Å². The summed E-state index contributed by atoms with van der Waals surface area (Å²) < 4.78 is 0. The van der Waals surface area contributed by atoms with Crippen LogP contribution in [0.25, 0.3) is 0 Å². The second kappa shape index (κ2) is 10.9. The number of aromatic nitrogens is 2. The number of carbonyl (C=O) groups is 1. The van der Waals surface area contributed by atoms with E-state index in [1.165, 1.54) is 11.8 Å². The van der Waals surface area contributed by atoms with Crippen LogP contribution in [0.2, 0.25) is 10.2 Å². The molecule has 0 saturated carbocycles. The maximum Gasteiger partial charge on any atom is 0.230 e. The Balaban J connectivity index is 1.31. The van der Waals surface area contributed by atoms with Gasteiger partial charge in [0.05, 0.1) is 5.75 Å². The third-order valence-electron chi connectivity index (χ3n) is 5.10. The predicted octanol–water partition coefficient (Wildman–Crippen LogP) is 4.52. The molecule has 0 aliphatic carbocycles. The Labute approximate surface area is 201 Å². The summed E-state index contributed by atoms with van der Waals surface area (Å²) in [6.07, 6.45) is 0. The second-order valence-corrected chi connectivity index (χ2v) is 9.10. The summed E-state index contributed by atoms with van der Waals surface area (Å²) in [6, 6.07) is 19.5. The SMILES string of the molecule is O=C(CSc1nc(Cl)cc(N2CCN(c3cccc(Cl)c3)CC2)n1)NCc1ccccc1. The predicted molar refractivity (Wildman–Crippen MR) is 132 cm³/mol. The highest BCUT2D eigenvalue weighted by atomic mass is 35.5. The van der Waals surface area contributed by atoms with Crippen molar-refractivity contribution in [2.45, 2.75) is 11.7 Å². The number of anilines is 2. The largest absolute Gasteiger partial charge is 0.368 e. The monoisotopic (exact) mass is 487 g/mol. The van der Waals surface area contributed by atoms with Crippen LogP contribution in [0.15, 0.2) is 65.8 Å². The van der Waals surface area contributed by atoms with E-state index in [-0.39, 0.29) is 11.7 Å². The zero-order valence-corrected chi connectivity index (χ0v) is 19.7. The van der Waals surface area contributed by atoms with Gasteiger partial charge in [-0.05, 0) is 23.8 Å². The lowest BCUT2D eigenvalue weighted by Crippen LogP contribution is -2.46.